The molecule has 112 valence electrons. The second-order valence-corrected chi connectivity index (χ2v) is 5.65. The number of benzene rings is 1. The van der Waals surface area contributed by atoms with E-state index in [2.05, 4.69) is 5.32 Å². The lowest BCUT2D eigenvalue weighted by Gasteiger charge is -2.30. The molecule has 0 aliphatic carbocycles. The molecule has 3 nitrogen and oxygen atoms in total. The second kappa shape index (κ2) is 7.04. The fourth-order valence-corrected chi connectivity index (χ4v) is 2.21. The number of carbonyl (C=O) groups is 1. The molecule has 1 rings (SSSR count). The first-order valence-corrected chi connectivity index (χ1v) is 7.06. The largest absolute Gasteiger partial charge is 0.464 e. The number of halogens is 2. The van der Waals surface area contributed by atoms with Crippen LogP contribution in [-0.4, -0.2) is 19.1 Å². The molecule has 0 fully saturated rings. The van der Waals surface area contributed by atoms with Crippen molar-refractivity contribution in [3.63, 3.8) is 0 Å². The summed E-state index contributed by atoms with van der Waals surface area (Å²) in [5.41, 5.74) is -0.579. The molecule has 0 heterocycles. The average molecular weight is 302 g/mol. The first-order chi connectivity index (χ1) is 9.31. The van der Waals surface area contributed by atoms with Crippen LogP contribution >= 0.6 is 11.6 Å². The summed E-state index contributed by atoms with van der Waals surface area (Å²) in [6, 6.07) is 4.00. The maximum atomic E-state index is 13.2. The summed E-state index contributed by atoms with van der Waals surface area (Å²) in [6.07, 6.45) is 0. The van der Waals surface area contributed by atoms with Gasteiger partial charge in [-0.2, -0.15) is 0 Å². The third-order valence-electron chi connectivity index (χ3n) is 3.02. The zero-order valence-electron chi connectivity index (χ0n) is 12.3. The van der Waals surface area contributed by atoms with Crippen LogP contribution in [0.1, 0.15) is 33.3 Å². The Labute approximate surface area is 124 Å². The van der Waals surface area contributed by atoms with Crippen molar-refractivity contribution in [1.82, 2.24) is 5.32 Å². The van der Waals surface area contributed by atoms with Gasteiger partial charge in [-0.15, -0.1) is 0 Å². The minimum Gasteiger partial charge on any atom is -0.464 e. The van der Waals surface area contributed by atoms with Gasteiger partial charge >= 0.3 is 5.97 Å². The van der Waals surface area contributed by atoms with E-state index in [4.69, 9.17) is 16.3 Å². The lowest BCUT2D eigenvalue weighted by Crippen LogP contribution is -2.49. The van der Waals surface area contributed by atoms with Gasteiger partial charge < -0.3 is 4.74 Å². The fourth-order valence-electron chi connectivity index (χ4n) is 1.86. The van der Waals surface area contributed by atoms with E-state index in [9.17, 15) is 9.18 Å². The Morgan fingerprint density at radius 1 is 1.50 bits per heavy atom. The van der Waals surface area contributed by atoms with Crippen molar-refractivity contribution < 1.29 is 13.9 Å². The molecule has 1 unspecified atom stereocenters. The normalized spacial score (nSPS) is 14.2. The first-order valence-electron chi connectivity index (χ1n) is 6.69. The molecule has 0 saturated heterocycles. The predicted octanol–water partition coefficient (Wildman–Crippen LogP) is 3.50. The lowest BCUT2D eigenvalue weighted by atomic mass is 9.91. The van der Waals surface area contributed by atoms with E-state index in [1.54, 1.807) is 13.8 Å². The highest BCUT2D eigenvalue weighted by atomic mass is 35.5. The van der Waals surface area contributed by atoms with Gasteiger partial charge in [0.25, 0.3) is 0 Å². The van der Waals surface area contributed by atoms with Crippen LogP contribution in [0.4, 0.5) is 4.39 Å². The van der Waals surface area contributed by atoms with E-state index in [0.29, 0.717) is 18.0 Å². The van der Waals surface area contributed by atoms with Crippen molar-refractivity contribution in [1.29, 1.82) is 0 Å². The van der Waals surface area contributed by atoms with Gasteiger partial charge in [-0.25, -0.2) is 9.18 Å². The van der Waals surface area contributed by atoms with Crippen LogP contribution < -0.4 is 5.32 Å². The average Bonchev–Trinajstić information content (AvgIpc) is 2.36. The van der Waals surface area contributed by atoms with Crippen molar-refractivity contribution >= 4 is 17.6 Å². The van der Waals surface area contributed by atoms with Crippen molar-refractivity contribution in [3.8, 4) is 0 Å². The van der Waals surface area contributed by atoms with E-state index >= 15 is 0 Å². The number of ether oxygens (including phenoxy) is 1. The molecule has 0 amide bonds. The monoisotopic (exact) mass is 301 g/mol. The Hall–Kier alpha value is -1.13. The molecule has 0 radical (unpaired) electrons. The highest BCUT2D eigenvalue weighted by molar-refractivity contribution is 6.31. The van der Waals surface area contributed by atoms with Gasteiger partial charge in [0.2, 0.25) is 0 Å². The Balaban J connectivity index is 3.17. The highest BCUT2D eigenvalue weighted by Crippen LogP contribution is 2.30. The van der Waals surface area contributed by atoms with Crippen molar-refractivity contribution in [2.45, 2.75) is 33.2 Å². The first kappa shape index (κ1) is 16.9. The number of esters is 1. The van der Waals surface area contributed by atoms with Gasteiger partial charge in [0, 0.05) is 10.6 Å². The Morgan fingerprint density at radius 3 is 2.65 bits per heavy atom. The van der Waals surface area contributed by atoms with Crippen LogP contribution in [0, 0.1) is 11.7 Å². The molecule has 0 bridgehead atoms. The standard InChI is InChI=1S/C15H21ClFNO2/c1-5-20-14(19)15(4,18-9-10(2)3)12-7-6-11(17)8-13(12)16/h6-8,10,18H,5,9H2,1-4H3. The van der Waals surface area contributed by atoms with Crippen molar-refractivity contribution in [2.75, 3.05) is 13.2 Å². The van der Waals surface area contributed by atoms with Crippen LogP contribution in [-0.2, 0) is 15.1 Å². The minimum atomic E-state index is -1.09. The molecule has 1 N–H and O–H groups in total. The van der Waals surface area contributed by atoms with Gasteiger partial charge in [0.05, 0.1) is 6.61 Å². The molecule has 1 aromatic rings. The summed E-state index contributed by atoms with van der Waals surface area (Å²) in [5, 5.41) is 3.38. The molecule has 0 saturated carbocycles. The van der Waals surface area contributed by atoms with E-state index < -0.39 is 17.3 Å². The van der Waals surface area contributed by atoms with E-state index in [1.807, 2.05) is 13.8 Å². The Morgan fingerprint density at radius 2 is 2.15 bits per heavy atom. The molecular formula is C15H21ClFNO2. The molecule has 1 atom stereocenters. The van der Waals surface area contributed by atoms with Gasteiger partial charge in [-0.05, 0) is 38.4 Å². The van der Waals surface area contributed by atoms with Gasteiger partial charge in [0.1, 0.15) is 11.4 Å². The number of carbonyl (C=O) groups excluding carboxylic acids is 1. The second-order valence-electron chi connectivity index (χ2n) is 5.24. The van der Waals surface area contributed by atoms with Crippen LogP contribution in [0.3, 0.4) is 0 Å². The van der Waals surface area contributed by atoms with E-state index in [0.717, 1.165) is 0 Å². The number of nitrogens with one attached hydrogen (secondary N) is 1. The van der Waals surface area contributed by atoms with E-state index in [-0.39, 0.29) is 11.6 Å². The quantitative estimate of drug-likeness (QED) is 0.817. The molecule has 20 heavy (non-hydrogen) atoms. The van der Waals surface area contributed by atoms with Gasteiger partial charge in [0.15, 0.2) is 0 Å². The van der Waals surface area contributed by atoms with Crippen LogP contribution in [0.25, 0.3) is 0 Å². The lowest BCUT2D eigenvalue weighted by molar-refractivity contribution is -0.151. The number of hydrogen-bond donors (Lipinski definition) is 1. The Kier molecular flexibility index (Phi) is 5.96. The summed E-state index contributed by atoms with van der Waals surface area (Å²) in [4.78, 5) is 12.3. The minimum absolute atomic E-state index is 0.205. The topological polar surface area (TPSA) is 38.3 Å². The molecule has 0 aliphatic rings. The van der Waals surface area contributed by atoms with Crippen LogP contribution in [0.5, 0.6) is 0 Å². The molecule has 1 aromatic carbocycles. The molecule has 0 aliphatic heterocycles. The summed E-state index contributed by atoms with van der Waals surface area (Å²) in [6.45, 7) is 8.40. The summed E-state index contributed by atoms with van der Waals surface area (Å²) in [5.74, 6) is -0.508. The zero-order chi connectivity index (χ0) is 15.3. The van der Waals surface area contributed by atoms with Gasteiger partial charge in [-0.1, -0.05) is 31.5 Å². The maximum absolute atomic E-state index is 13.2. The molecule has 0 aromatic heterocycles. The number of hydrogen-bond acceptors (Lipinski definition) is 3. The highest BCUT2D eigenvalue weighted by Gasteiger charge is 2.38. The molecular weight excluding hydrogens is 281 g/mol. The summed E-state index contributed by atoms with van der Waals surface area (Å²) < 4.78 is 18.3. The summed E-state index contributed by atoms with van der Waals surface area (Å²) >= 11 is 6.09. The van der Waals surface area contributed by atoms with Crippen LogP contribution in [0.15, 0.2) is 18.2 Å². The fraction of sp³-hybridized carbons (Fsp3) is 0.533. The smallest absolute Gasteiger partial charge is 0.330 e. The van der Waals surface area contributed by atoms with Crippen molar-refractivity contribution in [3.05, 3.63) is 34.6 Å². The van der Waals surface area contributed by atoms with Crippen LogP contribution in [0.2, 0.25) is 5.02 Å². The third kappa shape index (κ3) is 3.93. The Bertz CT molecular complexity index is 479. The van der Waals surface area contributed by atoms with E-state index in [1.165, 1.54) is 18.2 Å². The predicted molar refractivity (Wildman–Crippen MR) is 78.2 cm³/mol. The SMILES string of the molecule is CCOC(=O)C(C)(NCC(C)C)c1ccc(F)cc1Cl. The maximum Gasteiger partial charge on any atom is 0.330 e. The third-order valence-corrected chi connectivity index (χ3v) is 3.33. The summed E-state index contributed by atoms with van der Waals surface area (Å²) in [7, 11) is 0. The zero-order valence-corrected chi connectivity index (χ0v) is 13.1. The van der Waals surface area contributed by atoms with Crippen molar-refractivity contribution in [2.24, 2.45) is 5.92 Å². The number of rotatable bonds is 6. The molecule has 5 heteroatoms. The van der Waals surface area contributed by atoms with Gasteiger partial charge in [-0.3, -0.25) is 5.32 Å². The molecule has 0 spiro atoms.